The molecule has 1 aromatic carbocycles. The number of carbonyl (C=O) groups excluding carboxylic acids is 2. The summed E-state index contributed by atoms with van der Waals surface area (Å²) in [5.41, 5.74) is 6.57. The number of rotatable bonds is 3. The van der Waals surface area contributed by atoms with Gasteiger partial charge in [0, 0.05) is 48.3 Å². The van der Waals surface area contributed by atoms with Crippen molar-refractivity contribution in [2.45, 2.75) is 51.2 Å². The van der Waals surface area contributed by atoms with E-state index in [4.69, 9.17) is 10.5 Å². The maximum absolute atomic E-state index is 14.7. The zero-order valence-electron chi connectivity index (χ0n) is 18.3. The van der Waals surface area contributed by atoms with Crippen molar-refractivity contribution in [3.63, 3.8) is 0 Å². The fourth-order valence-electron chi connectivity index (χ4n) is 4.14. The quantitative estimate of drug-likeness (QED) is 0.583. The molecule has 3 N–H and O–H groups in total. The minimum atomic E-state index is -1.30. The highest BCUT2D eigenvalue weighted by Gasteiger charge is 2.36. The summed E-state index contributed by atoms with van der Waals surface area (Å²) < 4.78 is 49.3. The standard InChI is InChI=1S/C23H23F3N4O3/c1-23(2,3)33-22(32)29-17-10-19-18(28-20-6-11(21(27)31)4-5-30(19)20)8-13(17)12-7-15(25)16(26)9-14(12)24/h4-7,9,13,17H,8,10H2,1-3H3,(H2,27,31)(H,29,32)/t13-,17+/m1/s1. The maximum atomic E-state index is 14.7. The van der Waals surface area contributed by atoms with Crippen molar-refractivity contribution >= 4 is 17.6 Å². The van der Waals surface area contributed by atoms with Crippen LogP contribution < -0.4 is 11.1 Å². The van der Waals surface area contributed by atoms with Gasteiger partial charge in [0.1, 0.15) is 17.1 Å². The Morgan fingerprint density at radius 3 is 2.48 bits per heavy atom. The average Bonchev–Trinajstić information content (AvgIpc) is 3.05. The van der Waals surface area contributed by atoms with Gasteiger partial charge in [-0.3, -0.25) is 4.79 Å². The number of primary amides is 1. The Morgan fingerprint density at radius 1 is 1.12 bits per heavy atom. The van der Waals surface area contributed by atoms with E-state index >= 15 is 0 Å². The largest absolute Gasteiger partial charge is 0.444 e. The summed E-state index contributed by atoms with van der Waals surface area (Å²) in [6.07, 6.45) is 1.29. The molecule has 0 radical (unpaired) electrons. The van der Waals surface area contributed by atoms with Crippen molar-refractivity contribution in [2.24, 2.45) is 5.73 Å². The first-order valence-corrected chi connectivity index (χ1v) is 10.4. The normalized spacial score (nSPS) is 18.1. The molecule has 0 saturated carbocycles. The van der Waals surface area contributed by atoms with Crippen molar-refractivity contribution < 1.29 is 27.5 Å². The molecule has 0 bridgehead atoms. The summed E-state index contributed by atoms with van der Waals surface area (Å²) in [6.45, 7) is 5.12. The van der Waals surface area contributed by atoms with Gasteiger partial charge in [0.2, 0.25) is 5.91 Å². The van der Waals surface area contributed by atoms with Crippen molar-refractivity contribution in [3.8, 4) is 0 Å². The Bertz CT molecular complexity index is 1270. The van der Waals surface area contributed by atoms with Crippen LogP contribution in [0, 0.1) is 17.5 Å². The Balaban J connectivity index is 1.77. The Labute approximate surface area is 187 Å². The summed E-state index contributed by atoms with van der Waals surface area (Å²) in [6, 6.07) is 3.69. The lowest BCUT2D eigenvalue weighted by atomic mass is 9.80. The van der Waals surface area contributed by atoms with Crippen molar-refractivity contribution in [3.05, 3.63) is 70.4 Å². The molecule has 2 heterocycles. The highest BCUT2D eigenvalue weighted by Crippen LogP contribution is 2.35. The van der Waals surface area contributed by atoms with Crippen molar-refractivity contribution in [2.75, 3.05) is 0 Å². The monoisotopic (exact) mass is 460 g/mol. The molecule has 2 atom stereocenters. The molecule has 10 heteroatoms. The number of ether oxygens (including phenoxy) is 1. The molecule has 174 valence electrons. The number of pyridine rings is 1. The number of alkyl carbamates (subject to hydrolysis) is 1. The molecular formula is C23H23F3N4O3. The number of nitrogens with one attached hydrogen (secondary N) is 1. The second-order valence-electron chi connectivity index (χ2n) is 9.07. The summed E-state index contributed by atoms with van der Waals surface area (Å²) in [7, 11) is 0. The van der Waals surface area contributed by atoms with Crippen molar-refractivity contribution in [1.29, 1.82) is 0 Å². The van der Waals surface area contributed by atoms with Gasteiger partial charge in [-0.2, -0.15) is 0 Å². The van der Waals surface area contributed by atoms with Gasteiger partial charge in [0.25, 0.3) is 0 Å². The molecule has 2 amide bonds. The summed E-state index contributed by atoms with van der Waals surface area (Å²) in [5.74, 6) is -4.74. The smallest absolute Gasteiger partial charge is 0.407 e. The number of fused-ring (bicyclic) bond motifs is 3. The number of benzene rings is 1. The molecule has 7 nitrogen and oxygen atoms in total. The van der Waals surface area contributed by atoms with E-state index in [9.17, 15) is 22.8 Å². The third-order valence-electron chi connectivity index (χ3n) is 5.55. The number of imidazole rings is 1. The topological polar surface area (TPSA) is 98.7 Å². The Kier molecular flexibility index (Phi) is 5.55. The van der Waals surface area contributed by atoms with E-state index in [0.717, 1.165) is 11.8 Å². The zero-order chi connectivity index (χ0) is 24.1. The first-order valence-electron chi connectivity index (χ1n) is 10.4. The minimum Gasteiger partial charge on any atom is -0.444 e. The predicted molar refractivity (Wildman–Crippen MR) is 113 cm³/mol. The van der Waals surface area contributed by atoms with Crippen LogP contribution in [0.25, 0.3) is 5.65 Å². The van der Waals surface area contributed by atoms with E-state index in [2.05, 4.69) is 10.3 Å². The van der Waals surface area contributed by atoms with Gasteiger partial charge in [-0.25, -0.2) is 22.9 Å². The van der Waals surface area contributed by atoms with E-state index < -0.39 is 47.0 Å². The molecule has 0 spiro atoms. The van der Waals surface area contributed by atoms with E-state index in [-0.39, 0.29) is 24.0 Å². The number of carbonyl (C=O) groups is 2. The maximum Gasteiger partial charge on any atom is 0.407 e. The lowest BCUT2D eigenvalue weighted by Crippen LogP contribution is -2.46. The lowest BCUT2D eigenvalue weighted by molar-refractivity contribution is 0.0492. The van der Waals surface area contributed by atoms with Crippen LogP contribution in [0.15, 0.2) is 30.5 Å². The summed E-state index contributed by atoms with van der Waals surface area (Å²) in [5, 5.41) is 2.75. The molecule has 0 fully saturated rings. The highest BCUT2D eigenvalue weighted by atomic mass is 19.2. The van der Waals surface area contributed by atoms with Gasteiger partial charge in [0.15, 0.2) is 11.6 Å². The first-order chi connectivity index (χ1) is 15.4. The number of nitrogens with zero attached hydrogens (tertiary/aromatic N) is 2. The third-order valence-corrected chi connectivity index (χ3v) is 5.55. The SMILES string of the molecule is CC(C)(C)OC(=O)N[C@H]1Cc2c(nc3cc(C(N)=O)ccn23)C[C@@H]1c1cc(F)c(F)cc1F. The number of amides is 2. The third kappa shape index (κ3) is 4.50. The molecule has 3 aromatic rings. The summed E-state index contributed by atoms with van der Waals surface area (Å²) >= 11 is 0. The molecule has 1 aliphatic carbocycles. The molecular weight excluding hydrogens is 437 g/mol. The first kappa shape index (κ1) is 22.6. The fraction of sp³-hybridized carbons (Fsp3) is 0.348. The minimum absolute atomic E-state index is 0.0736. The number of aromatic nitrogens is 2. The van der Waals surface area contributed by atoms with Gasteiger partial charge in [-0.05, 0) is 44.5 Å². The fourth-order valence-corrected chi connectivity index (χ4v) is 4.14. The van der Waals surface area contributed by atoms with E-state index in [1.54, 1.807) is 37.4 Å². The number of nitrogens with two attached hydrogens (primary N) is 1. The van der Waals surface area contributed by atoms with Crippen LogP contribution in [0.4, 0.5) is 18.0 Å². The van der Waals surface area contributed by atoms with Crippen LogP contribution in [0.5, 0.6) is 0 Å². The van der Waals surface area contributed by atoms with Crippen LogP contribution >= 0.6 is 0 Å². The van der Waals surface area contributed by atoms with Crippen LogP contribution in [0.2, 0.25) is 0 Å². The number of hydrogen-bond acceptors (Lipinski definition) is 4. The van der Waals surface area contributed by atoms with Gasteiger partial charge in [0.05, 0.1) is 5.69 Å². The van der Waals surface area contributed by atoms with Gasteiger partial charge in [-0.15, -0.1) is 0 Å². The van der Waals surface area contributed by atoms with E-state index in [1.165, 1.54) is 6.07 Å². The van der Waals surface area contributed by atoms with Crippen LogP contribution in [0.3, 0.4) is 0 Å². The molecule has 0 aliphatic heterocycles. The zero-order valence-corrected chi connectivity index (χ0v) is 18.3. The number of hydrogen-bond donors (Lipinski definition) is 2. The van der Waals surface area contributed by atoms with Gasteiger partial charge < -0.3 is 20.2 Å². The predicted octanol–water partition coefficient (Wildman–Crippen LogP) is 3.63. The van der Waals surface area contributed by atoms with E-state index in [0.29, 0.717) is 17.4 Å². The average molecular weight is 460 g/mol. The molecule has 1 aliphatic rings. The Morgan fingerprint density at radius 2 is 1.82 bits per heavy atom. The molecule has 33 heavy (non-hydrogen) atoms. The molecule has 0 saturated heterocycles. The van der Waals surface area contributed by atoms with Crippen LogP contribution in [-0.2, 0) is 17.6 Å². The Hall–Kier alpha value is -3.56. The molecule has 2 aromatic heterocycles. The van der Waals surface area contributed by atoms with Gasteiger partial charge in [-0.1, -0.05) is 0 Å². The summed E-state index contributed by atoms with van der Waals surface area (Å²) in [4.78, 5) is 28.6. The van der Waals surface area contributed by atoms with Gasteiger partial charge >= 0.3 is 6.09 Å². The van der Waals surface area contributed by atoms with Crippen LogP contribution in [-0.4, -0.2) is 33.0 Å². The second kappa shape index (κ2) is 8.09. The van der Waals surface area contributed by atoms with E-state index in [1.807, 2.05) is 0 Å². The molecule has 0 unspecified atom stereocenters. The van der Waals surface area contributed by atoms with Crippen molar-refractivity contribution in [1.82, 2.24) is 14.7 Å². The number of halogens is 3. The highest BCUT2D eigenvalue weighted by molar-refractivity contribution is 5.93. The lowest BCUT2D eigenvalue weighted by Gasteiger charge is -2.33. The second-order valence-corrected chi connectivity index (χ2v) is 9.07. The van der Waals surface area contributed by atoms with Crippen LogP contribution in [0.1, 0.15) is 54.0 Å². The molecule has 4 rings (SSSR count).